The summed E-state index contributed by atoms with van der Waals surface area (Å²) in [4.78, 5) is 0. The number of aryl methyl sites for hydroxylation is 1. The Morgan fingerprint density at radius 2 is 2.21 bits per heavy atom. The third kappa shape index (κ3) is 1.34. The maximum Gasteiger partial charge on any atom is 0.137 e. The van der Waals surface area contributed by atoms with Gasteiger partial charge in [0.05, 0.1) is 7.11 Å². The molecule has 2 N–H and O–H groups in total. The predicted octanol–water partition coefficient (Wildman–Crippen LogP) is 3.05. The number of anilines is 1. The number of hydrogen-bond acceptors (Lipinski definition) is 3. The van der Waals surface area contributed by atoms with E-state index in [1.165, 1.54) is 10.3 Å². The van der Waals surface area contributed by atoms with Crippen LogP contribution in [0.4, 0.5) is 5.69 Å². The lowest BCUT2D eigenvalue weighted by Gasteiger charge is -2.03. The third-order valence-electron chi connectivity index (χ3n) is 2.34. The van der Waals surface area contributed by atoms with Crippen LogP contribution in [0.3, 0.4) is 0 Å². The number of fused-ring (bicyclic) bond motifs is 1. The van der Waals surface area contributed by atoms with Crippen LogP contribution >= 0.6 is 11.3 Å². The van der Waals surface area contributed by atoms with Gasteiger partial charge in [-0.2, -0.15) is 0 Å². The number of hydrogen-bond donors (Lipinski definition) is 1. The number of nitrogen functional groups attached to an aromatic ring is 1. The topological polar surface area (TPSA) is 35.2 Å². The predicted molar refractivity (Wildman–Crippen MR) is 62.2 cm³/mol. The fourth-order valence-corrected chi connectivity index (χ4v) is 2.72. The van der Waals surface area contributed by atoms with E-state index in [1.54, 1.807) is 18.4 Å². The molecule has 0 bridgehead atoms. The first kappa shape index (κ1) is 9.34. The maximum absolute atomic E-state index is 5.83. The van der Waals surface area contributed by atoms with Crippen molar-refractivity contribution in [3.63, 3.8) is 0 Å². The molecule has 0 saturated carbocycles. The van der Waals surface area contributed by atoms with Crippen LogP contribution in [0.2, 0.25) is 0 Å². The Morgan fingerprint density at radius 3 is 2.86 bits per heavy atom. The average molecular weight is 207 g/mol. The molecule has 0 radical (unpaired) electrons. The molecule has 3 heteroatoms. The molecule has 1 aromatic heterocycles. The van der Waals surface area contributed by atoms with E-state index in [9.17, 15) is 0 Å². The molecule has 2 aromatic rings. The molecule has 74 valence electrons. The highest BCUT2D eigenvalue weighted by Gasteiger charge is 2.08. The quantitative estimate of drug-likeness (QED) is 0.768. The van der Waals surface area contributed by atoms with Crippen molar-refractivity contribution >= 4 is 27.1 Å². The van der Waals surface area contributed by atoms with Crippen molar-refractivity contribution in [3.05, 3.63) is 23.1 Å². The van der Waals surface area contributed by atoms with E-state index in [1.807, 2.05) is 17.5 Å². The summed E-state index contributed by atoms with van der Waals surface area (Å²) in [6.07, 6.45) is 1.01. The molecule has 14 heavy (non-hydrogen) atoms. The molecule has 0 atom stereocenters. The first-order chi connectivity index (χ1) is 6.76. The average Bonchev–Trinajstić information content (AvgIpc) is 2.59. The van der Waals surface area contributed by atoms with Crippen LogP contribution in [0.5, 0.6) is 5.75 Å². The van der Waals surface area contributed by atoms with Gasteiger partial charge in [0.25, 0.3) is 0 Å². The molecule has 1 aromatic carbocycles. The molecule has 0 saturated heterocycles. The zero-order valence-corrected chi connectivity index (χ0v) is 9.15. The number of nitrogens with two attached hydrogens (primary N) is 1. The first-order valence-corrected chi connectivity index (χ1v) is 5.47. The van der Waals surface area contributed by atoms with Gasteiger partial charge in [-0.25, -0.2) is 0 Å². The fraction of sp³-hybridized carbons (Fsp3) is 0.273. The van der Waals surface area contributed by atoms with Crippen molar-refractivity contribution < 1.29 is 4.74 Å². The van der Waals surface area contributed by atoms with E-state index in [0.29, 0.717) is 0 Å². The SMILES string of the molecule is CCc1cc(N)cc2c(OC)csc12. The van der Waals surface area contributed by atoms with Crippen LogP contribution in [-0.4, -0.2) is 7.11 Å². The number of thiophene rings is 1. The van der Waals surface area contributed by atoms with Gasteiger partial charge in [-0.15, -0.1) is 11.3 Å². The van der Waals surface area contributed by atoms with Crippen molar-refractivity contribution in [1.82, 2.24) is 0 Å². The van der Waals surface area contributed by atoms with E-state index >= 15 is 0 Å². The molecule has 2 nitrogen and oxygen atoms in total. The van der Waals surface area contributed by atoms with E-state index in [0.717, 1.165) is 23.2 Å². The van der Waals surface area contributed by atoms with Crippen LogP contribution < -0.4 is 10.5 Å². The van der Waals surface area contributed by atoms with Crippen LogP contribution in [0, 0.1) is 0 Å². The summed E-state index contributed by atoms with van der Waals surface area (Å²) in [5.41, 5.74) is 7.94. The molecular formula is C11H13NOS. The van der Waals surface area contributed by atoms with E-state index in [-0.39, 0.29) is 0 Å². The number of rotatable bonds is 2. The Hall–Kier alpha value is -1.22. The minimum atomic E-state index is 0.811. The van der Waals surface area contributed by atoms with Crippen molar-refractivity contribution in [1.29, 1.82) is 0 Å². The van der Waals surface area contributed by atoms with Gasteiger partial charge in [0.15, 0.2) is 0 Å². The fourth-order valence-electron chi connectivity index (χ4n) is 1.63. The Bertz CT molecular complexity index is 462. The third-order valence-corrected chi connectivity index (χ3v) is 3.39. The van der Waals surface area contributed by atoms with E-state index in [2.05, 4.69) is 6.92 Å². The van der Waals surface area contributed by atoms with Gasteiger partial charge in [0, 0.05) is 21.2 Å². The van der Waals surface area contributed by atoms with Crippen LogP contribution in [0.15, 0.2) is 17.5 Å². The second kappa shape index (κ2) is 3.50. The summed E-state index contributed by atoms with van der Waals surface area (Å²) in [6, 6.07) is 4.02. The molecule has 1 heterocycles. The largest absolute Gasteiger partial charge is 0.495 e. The maximum atomic E-state index is 5.83. The summed E-state index contributed by atoms with van der Waals surface area (Å²) in [5.74, 6) is 0.923. The van der Waals surface area contributed by atoms with Crippen molar-refractivity contribution in [2.24, 2.45) is 0 Å². The van der Waals surface area contributed by atoms with Gasteiger partial charge < -0.3 is 10.5 Å². The number of ether oxygens (including phenoxy) is 1. The molecule has 0 aliphatic carbocycles. The Balaban J connectivity index is 2.76. The van der Waals surface area contributed by atoms with Gasteiger partial charge in [-0.1, -0.05) is 6.92 Å². The monoisotopic (exact) mass is 207 g/mol. The van der Waals surface area contributed by atoms with E-state index in [4.69, 9.17) is 10.5 Å². The summed E-state index contributed by atoms with van der Waals surface area (Å²) < 4.78 is 6.57. The van der Waals surface area contributed by atoms with Gasteiger partial charge in [0.2, 0.25) is 0 Å². The van der Waals surface area contributed by atoms with Gasteiger partial charge in [-0.3, -0.25) is 0 Å². The lowest BCUT2D eigenvalue weighted by atomic mass is 10.1. The summed E-state index contributed by atoms with van der Waals surface area (Å²) in [6.45, 7) is 2.14. The zero-order chi connectivity index (χ0) is 10.1. The molecule has 0 amide bonds. The molecule has 0 unspecified atom stereocenters. The molecular weight excluding hydrogens is 194 g/mol. The highest BCUT2D eigenvalue weighted by molar-refractivity contribution is 7.17. The molecule has 0 fully saturated rings. The molecule has 0 spiro atoms. The standard InChI is InChI=1S/C11H13NOS/c1-3-7-4-8(12)5-9-10(13-2)6-14-11(7)9/h4-6H,3,12H2,1-2H3. The van der Waals surface area contributed by atoms with Crippen LogP contribution in [0.25, 0.3) is 10.1 Å². The Morgan fingerprint density at radius 1 is 1.43 bits per heavy atom. The van der Waals surface area contributed by atoms with Crippen LogP contribution in [0.1, 0.15) is 12.5 Å². The number of benzene rings is 1. The molecule has 2 rings (SSSR count). The van der Waals surface area contributed by atoms with Gasteiger partial charge in [-0.05, 0) is 24.1 Å². The second-order valence-electron chi connectivity index (χ2n) is 3.21. The van der Waals surface area contributed by atoms with E-state index < -0.39 is 0 Å². The minimum absolute atomic E-state index is 0.811. The lowest BCUT2D eigenvalue weighted by Crippen LogP contribution is -1.89. The highest BCUT2D eigenvalue weighted by atomic mass is 32.1. The van der Waals surface area contributed by atoms with Gasteiger partial charge in [0.1, 0.15) is 5.75 Å². The first-order valence-electron chi connectivity index (χ1n) is 4.59. The second-order valence-corrected chi connectivity index (χ2v) is 4.09. The van der Waals surface area contributed by atoms with Crippen molar-refractivity contribution in [2.45, 2.75) is 13.3 Å². The number of methoxy groups -OCH3 is 1. The minimum Gasteiger partial charge on any atom is -0.495 e. The van der Waals surface area contributed by atoms with Crippen LogP contribution in [-0.2, 0) is 6.42 Å². The molecule has 0 aliphatic heterocycles. The van der Waals surface area contributed by atoms with Crippen molar-refractivity contribution in [3.8, 4) is 5.75 Å². The lowest BCUT2D eigenvalue weighted by molar-refractivity contribution is 0.421. The Kier molecular flexibility index (Phi) is 2.33. The summed E-state index contributed by atoms with van der Waals surface area (Å²) in [5, 5.41) is 3.16. The molecule has 0 aliphatic rings. The smallest absolute Gasteiger partial charge is 0.137 e. The highest BCUT2D eigenvalue weighted by Crippen LogP contribution is 2.36. The van der Waals surface area contributed by atoms with Crippen molar-refractivity contribution in [2.75, 3.05) is 12.8 Å². The summed E-state index contributed by atoms with van der Waals surface area (Å²) >= 11 is 1.72. The van der Waals surface area contributed by atoms with Gasteiger partial charge >= 0.3 is 0 Å². The zero-order valence-electron chi connectivity index (χ0n) is 8.33. The Labute approximate surface area is 87.3 Å². The normalized spacial score (nSPS) is 10.7. The summed E-state index contributed by atoms with van der Waals surface area (Å²) in [7, 11) is 1.69.